The number of sulfonamides is 1. The second-order valence-electron chi connectivity index (χ2n) is 6.68. The number of hydrogen-bond acceptors (Lipinski definition) is 7. The normalized spacial score (nSPS) is 11.6. The van der Waals surface area contributed by atoms with Gasteiger partial charge in [-0.3, -0.25) is 13.9 Å². The second kappa shape index (κ2) is 7.67. The van der Waals surface area contributed by atoms with Crippen molar-refractivity contribution in [2.75, 3.05) is 11.8 Å². The molecule has 0 saturated heterocycles. The van der Waals surface area contributed by atoms with Crippen LogP contribution < -0.4 is 15.0 Å². The summed E-state index contributed by atoms with van der Waals surface area (Å²) in [6.07, 6.45) is 4.35. The van der Waals surface area contributed by atoms with Crippen LogP contribution in [-0.4, -0.2) is 39.9 Å². The van der Waals surface area contributed by atoms with Gasteiger partial charge in [0.1, 0.15) is 22.2 Å². The van der Waals surface area contributed by atoms with E-state index in [9.17, 15) is 13.2 Å². The molecule has 0 atom stereocenters. The van der Waals surface area contributed by atoms with E-state index >= 15 is 0 Å². The van der Waals surface area contributed by atoms with Gasteiger partial charge in [0, 0.05) is 23.5 Å². The van der Waals surface area contributed by atoms with Crippen molar-refractivity contribution >= 4 is 33.0 Å². The van der Waals surface area contributed by atoms with Gasteiger partial charge < -0.3 is 9.72 Å². The number of aryl methyl sites for hydroxylation is 2. The topological polar surface area (TPSA) is 131 Å². The molecule has 0 radical (unpaired) electrons. The molecule has 0 aliphatic heterocycles. The molecule has 4 heterocycles. The summed E-state index contributed by atoms with van der Waals surface area (Å²) in [6.45, 7) is 3.26. The molecular weight excluding hydrogens is 444 g/mol. The molecule has 0 aliphatic rings. The summed E-state index contributed by atoms with van der Waals surface area (Å²) < 4.78 is 34.8. The van der Waals surface area contributed by atoms with Crippen LogP contribution in [0.5, 0.6) is 5.88 Å². The molecule has 0 amide bonds. The van der Waals surface area contributed by atoms with Gasteiger partial charge in [0.15, 0.2) is 5.03 Å². The Hall–Kier alpha value is -3.44. The fourth-order valence-electron chi connectivity index (χ4n) is 3.11. The molecule has 31 heavy (non-hydrogen) atoms. The number of nitrogens with zero attached hydrogens (tertiary/aromatic N) is 4. The number of nitrogens with one attached hydrogen (secondary N) is 2. The molecule has 10 nitrogen and oxygen atoms in total. The molecule has 0 unspecified atom stereocenters. The summed E-state index contributed by atoms with van der Waals surface area (Å²) >= 11 is 5.89. The van der Waals surface area contributed by atoms with E-state index in [4.69, 9.17) is 16.3 Å². The summed E-state index contributed by atoms with van der Waals surface area (Å²) in [5.74, 6) is 0.564. The van der Waals surface area contributed by atoms with Crippen LogP contribution in [-0.2, 0) is 10.0 Å². The van der Waals surface area contributed by atoms with Gasteiger partial charge in [-0.15, -0.1) is 0 Å². The standard InChI is InChI=1S/C19H17ClN6O4S/c1-10-18(24-11(2)23-10)31(28,29)25-15-6-13(7-22-17(15)30-3)12-4-5-16-21-8-14(20)19(27)26(16)9-12/h4-9,25H,1-3H3,(H,23,24). The SMILES string of the molecule is COc1ncc(-c2ccc3ncc(Cl)c(=O)n3c2)cc1NS(=O)(=O)c1[nH]c(C)nc1C. The summed E-state index contributed by atoms with van der Waals surface area (Å²) in [7, 11) is -2.59. The zero-order valence-corrected chi connectivity index (χ0v) is 18.2. The van der Waals surface area contributed by atoms with Crippen molar-refractivity contribution in [1.82, 2.24) is 24.3 Å². The quantitative estimate of drug-likeness (QED) is 0.467. The van der Waals surface area contributed by atoms with Crippen LogP contribution in [0.3, 0.4) is 0 Å². The third-order valence-corrected chi connectivity index (χ3v) is 6.19. The van der Waals surface area contributed by atoms with Crippen LogP contribution in [0, 0.1) is 13.8 Å². The minimum Gasteiger partial charge on any atom is -0.480 e. The van der Waals surface area contributed by atoms with Gasteiger partial charge >= 0.3 is 0 Å². The van der Waals surface area contributed by atoms with Gasteiger partial charge in [-0.2, -0.15) is 8.42 Å². The molecular formula is C19H17ClN6O4S. The molecule has 0 saturated carbocycles. The fraction of sp³-hybridized carbons (Fsp3) is 0.158. The van der Waals surface area contributed by atoms with E-state index < -0.39 is 15.6 Å². The zero-order valence-electron chi connectivity index (χ0n) is 16.7. The number of ether oxygens (including phenoxy) is 1. The first-order valence-electron chi connectivity index (χ1n) is 8.97. The largest absolute Gasteiger partial charge is 0.480 e. The molecule has 0 aliphatic carbocycles. The average molecular weight is 461 g/mol. The maximum Gasteiger partial charge on any atom is 0.279 e. The predicted molar refractivity (Wildman–Crippen MR) is 115 cm³/mol. The molecule has 2 N–H and O–H groups in total. The van der Waals surface area contributed by atoms with E-state index in [2.05, 4.69) is 24.7 Å². The lowest BCUT2D eigenvalue weighted by molar-refractivity contribution is 0.400. The molecule has 0 aromatic carbocycles. The lowest BCUT2D eigenvalue weighted by atomic mass is 10.1. The van der Waals surface area contributed by atoms with Gasteiger partial charge in [-0.1, -0.05) is 11.6 Å². The highest BCUT2D eigenvalue weighted by atomic mass is 35.5. The molecule has 0 spiro atoms. The van der Waals surface area contributed by atoms with E-state index in [1.165, 1.54) is 23.9 Å². The Labute approximate surface area is 182 Å². The van der Waals surface area contributed by atoms with Crippen molar-refractivity contribution in [2.45, 2.75) is 18.9 Å². The Morgan fingerprint density at radius 2 is 1.94 bits per heavy atom. The van der Waals surface area contributed by atoms with Gasteiger partial charge in [-0.25, -0.2) is 15.0 Å². The molecule has 160 valence electrons. The number of H-pyrrole nitrogens is 1. The van der Waals surface area contributed by atoms with Gasteiger partial charge in [-0.05, 0) is 32.0 Å². The number of anilines is 1. The highest BCUT2D eigenvalue weighted by Crippen LogP contribution is 2.30. The number of aromatic amines is 1. The lowest BCUT2D eigenvalue weighted by Crippen LogP contribution is -2.16. The number of halogens is 1. The molecule has 0 bridgehead atoms. The molecule has 12 heteroatoms. The average Bonchev–Trinajstić information content (AvgIpc) is 3.09. The first kappa shape index (κ1) is 20.8. The van der Waals surface area contributed by atoms with Crippen LogP contribution >= 0.6 is 11.6 Å². The van der Waals surface area contributed by atoms with Gasteiger partial charge in [0.2, 0.25) is 5.88 Å². The van der Waals surface area contributed by atoms with Crippen LogP contribution in [0.4, 0.5) is 5.69 Å². The van der Waals surface area contributed by atoms with Crippen LogP contribution in [0.2, 0.25) is 5.02 Å². The molecule has 0 fully saturated rings. The van der Waals surface area contributed by atoms with E-state index in [0.717, 1.165) is 0 Å². The van der Waals surface area contributed by atoms with E-state index in [-0.39, 0.29) is 21.6 Å². The number of imidazole rings is 1. The van der Waals surface area contributed by atoms with Crippen molar-refractivity contribution in [2.24, 2.45) is 0 Å². The van der Waals surface area contributed by atoms with Crippen molar-refractivity contribution in [3.63, 3.8) is 0 Å². The predicted octanol–water partition coefficient (Wildman–Crippen LogP) is 2.56. The van der Waals surface area contributed by atoms with Crippen molar-refractivity contribution in [1.29, 1.82) is 0 Å². The van der Waals surface area contributed by atoms with Gasteiger partial charge in [0.25, 0.3) is 15.6 Å². The maximum absolute atomic E-state index is 12.9. The smallest absolute Gasteiger partial charge is 0.279 e. The number of rotatable bonds is 5. The Kier molecular flexibility index (Phi) is 5.15. The zero-order chi connectivity index (χ0) is 22.3. The number of hydrogen-bond donors (Lipinski definition) is 2. The van der Waals surface area contributed by atoms with Gasteiger partial charge in [0.05, 0.1) is 19.0 Å². The summed E-state index contributed by atoms with van der Waals surface area (Å²) in [5, 5.41) is -0.0587. The van der Waals surface area contributed by atoms with E-state index in [1.807, 2.05) is 0 Å². The minimum absolute atomic E-state index is 0.0128. The Balaban J connectivity index is 1.80. The minimum atomic E-state index is -3.97. The summed E-state index contributed by atoms with van der Waals surface area (Å²) in [4.78, 5) is 27.5. The molecule has 4 aromatic heterocycles. The van der Waals surface area contributed by atoms with Crippen molar-refractivity contribution in [3.05, 3.63) is 63.7 Å². The van der Waals surface area contributed by atoms with Crippen LogP contribution in [0.25, 0.3) is 16.8 Å². The monoisotopic (exact) mass is 460 g/mol. The number of fused-ring (bicyclic) bond motifs is 1. The summed E-state index contributed by atoms with van der Waals surface area (Å²) in [6, 6.07) is 4.95. The number of pyridine rings is 2. The first-order chi connectivity index (χ1) is 14.7. The van der Waals surface area contributed by atoms with Crippen LogP contribution in [0.1, 0.15) is 11.5 Å². The highest BCUT2D eigenvalue weighted by molar-refractivity contribution is 7.92. The number of aromatic nitrogens is 5. The Morgan fingerprint density at radius 1 is 1.16 bits per heavy atom. The number of methoxy groups -OCH3 is 1. The molecule has 4 aromatic rings. The molecule has 4 rings (SSSR count). The Bertz CT molecular complexity index is 1480. The van der Waals surface area contributed by atoms with Crippen molar-refractivity contribution in [3.8, 4) is 17.0 Å². The van der Waals surface area contributed by atoms with Crippen molar-refractivity contribution < 1.29 is 13.2 Å². The third kappa shape index (κ3) is 3.84. The Morgan fingerprint density at radius 3 is 2.61 bits per heavy atom. The second-order valence-corrected chi connectivity index (χ2v) is 8.71. The fourth-order valence-corrected chi connectivity index (χ4v) is 4.51. The first-order valence-corrected chi connectivity index (χ1v) is 10.8. The van der Waals surface area contributed by atoms with E-state index in [0.29, 0.717) is 28.3 Å². The van der Waals surface area contributed by atoms with Crippen LogP contribution in [0.15, 0.2) is 46.6 Å². The lowest BCUT2D eigenvalue weighted by Gasteiger charge is -2.13. The maximum atomic E-state index is 12.9. The highest BCUT2D eigenvalue weighted by Gasteiger charge is 2.23. The van der Waals surface area contributed by atoms with E-state index in [1.54, 1.807) is 38.2 Å². The summed E-state index contributed by atoms with van der Waals surface area (Å²) in [5.41, 5.74) is 1.62. The third-order valence-electron chi connectivity index (χ3n) is 4.51.